The molecule has 2 heterocycles. The zero-order valence-electron chi connectivity index (χ0n) is 27.6. The molecule has 50 heavy (non-hydrogen) atoms. The van der Waals surface area contributed by atoms with Gasteiger partial charge in [-0.05, 0) is 84.6 Å². The van der Waals surface area contributed by atoms with Gasteiger partial charge in [0.05, 0.1) is 33.2 Å². The van der Waals surface area contributed by atoms with Crippen molar-refractivity contribution in [3.8, 4) is 45.8 Å². The van der Waals surface area contributed by atoms with Crippen LogP contribution in [0.15, 0.2) is 146 Å². The summed E-state index contributed by atoms with van der Waals surface area (Å²) in [6.07, 6.45) is 0. The molecule has 234 valence electrons. The van der Waals surface area contributed by atoms with E-state index in [1.807, 2.05) is 12.1 Å². The van der Waals surface area contributed by atoms with Gasteiger partial charge in [0.1, 0.15) is 12.1 Å². The third-order valence-corrected chi connectivity index (χ3v) is 10.1. The molecule has 0 aliphatic heterocycles. The minimum Gasteiger partial charge on any atom is -0.309 e. The second-order valence-corrected chi connectivity index (χ2v) is 12.9. The number of fused-ring (bicyclic) bond motifs is 6. The number of hydrogen-bond donors (Lipinski definition) is 0. The normalized spacial score (nSPS) is 11.4. The fraction of sp³-hybridized carbons (Fsp3) is 0.0435. The quantitative estimate of drug-likeness (QED) is 0.193. The number of aryl methyl sites for hydroxylation is 2. The van der Waals surface area contributed by atoms with E-state index in [4.69, 9.17) is 0 Å². The summed E-state index contributed by atoms with van der Waals surface area (Å²) in [5.41, 5.74) is 13.0. The molecule has 0 N–H and O–H groups in total. The van der Waals surface area contributed by atoms with Crippen LogP contribution >= 0.6 is 0 Å². The number of hydrogen-bond acceptors (Lipinski definition) is 2. The molecule has 0 fully saturated rings. The zero-order chi connectivity index (χ0) is 33.9. The van der Waals surface area contributed by atoms with Gasteiger partial charge in [0.15, 0.2) is 0 Å². The van der Waals surface area contributed by atoms with Gasteiger partial charge in [-0.25, -0.2) is 0 Å². The molecule has 9 aromatic rings. The van der Waals surface area contributed by atoms with Crippen LogP contribution in [-0.2, 0) is 0 Å². The lowest BCUT2D eigenvalue weighted by atomic mass is 9.89. The minimum atomic E-state index is 0.387. The van der Waals surface area contributed by atoms with Crippen molar-refractivity contribution in [3.05, 3.63) is 168 Å². The van der Waals surface area contributed by atoms with Crippen molar-refractivity contribution in [2.75, 3.05) is 0 Å². The van der Waals surface area contributed by atoms with Crippen LogP contribution in [0.25, 0.3) is 77.2 Å². The summed E-state index contributed by atoms with van der Waals surface area (Å²) in [7, 11) is 0. The van der Waals surface area contributed by atoms with Crippen LogP contribution in [0.2, 0.25) is 0 Å². The molecule has 0 amide bonds. The summed E-state index contributed by atoms with van der Waals surface area (Å²) < 4.78 is 4.62. The maximum absolute atomic E-state index is 10.5. The molecule has 0 bridgehead atoms. The van der Waals surface area contributed by atoms with E-state index in [-0.39, 0.29) is 0 Å². The van der Waals surface area contributed by atoms with Gasteiger partial charge < -0.3 is 9.13 Å². The lowest BCUT2D eigenvalue weighted by Crippen LogP contribution is -1.99. The van der Waals surface area contributed by atoms with E-state index in [9.17, 15) is 10.5 Å². The van der Waals surface area contributed by atoms with E-state index in [2.05, 4.69) is 169 Å². The summed E-state index contributed by atoms with van der Waals surface area (Å²) in [5, 5.41) is 25.8. The van der Waals surface area contributed by atoms with E-state index in [1.54, 1.807) is 0 Å². The first-order chi connectivity index (χ1) is 24.6. The molecule has 0 saturated heterocycles. The van der Waals surface area contributed by atoms with E-state index >= 15 is 0 Å². The maximum Gasteiger partial charge on any atom is 0.101 e. The summed E-state index contributed by atoms with van der Waals surface area (Å²) in [4.78, 5) is 0. The van der Waals surface area contributed by atoms with E-state index in [0.717, 1.165) is 66.8 Å². The minimum absolute atomic E-state index is 0.387. The van der Waals surface area contributed by atoms with Crippen molar-refractivity contribution < 1.29 is 0 Å². The maximum atomic E-state index is 10.5. The SMILES string of the molecule is Cc1cc(-c2ccc(-c3ccc(-n4c5ccccc5c5ccccc54)c(C)c3)c(C#N)c2C#N)ccc1-n1c2ccccc2c2ccccc21. The van der Waals surface area contributed by atoms with Crippen molar-refractivity contribution in [2.24, 2.45) is 0 Å². The molecule has 7 aromatic carbocycles. The Labute approximate surface area is 289 Å². The van der Waals surface area contributed by atoms with E-state index in [0.29, 0.717) is 11.1 Å². The molecule has 0 atom stereocenters. The molecule has 0 aliphatic carbocycles. The second kappa shape index (κ2) is 11.4. The smallest absolute Gasteiger partial charge is 0.101 e. The van der Waals surface area contributed by atoms with Crippen LogP contribution in [-0.4, -0.2) is 9.13 Å². The van der Waals surface area contributed by atoms with Gasteiger partial charge in [-0.15, -0.1) is 0 Å². The van der Waals surface area contributed by atoms with Gasteiger partial charge in [0, 0.05) is 44.0 Å². The standard InChI is InChI=1S/C46H30N4/c1-29-25-31(19-23-41(29)49-43-15-7-3-11-35(43)36-12-4-8-16-44(36)49)33-21-22-34(40(28-48)39(33)27-47)32-20-24-42(30(2)26-32)50-45-17-9-5-13-37(45)38-14-6-10-18-46(38)50/h3-26H,1-2H3. The molecule has 9 rings (SSSR count). The lowest BCUT2D eigenvalue weighted by molar-refractivity contribution is 1.15. The highest BCUT2D eigenvalue weighted by Crippen LogP contribution is 2.39. The Morgan fingerprint density at radius 2 is 0.720 bits per heavy atom. The number of aromatic nitrogens is 2. The molecule has 2 aromatic heterocycles. The summed E-state index contributed by atoms with van der Waals surface area (Å²) in [6.45, 7) is 4.21. The second-order valence-electron chi connectivity index (χ2n) is 12.9. The molecular formula is C46H30N4. The van der Waals surface area contributed by atoms with Gasteiger partial charge in [0.25, 0.3) is 0 Å². The van der Waals surface area contributed by atoms with Crippen LogP contribution in [0.4, 0.5) is 0 Å². The molecule has 4 heteroatoms. The first-order valence-corrected chi connectivity index (χ1v) is 16.7. The number of nitrogens with zero attached hydrogens (tertiary/aromatic N) is 4. The number of rotatable bonds is 4. The summed E-state index contributed by atoms with van der Waals surface area (Å²) in [5.74, 6) is 0. The van der Waals surface area contributed by atoms with Crippen molar-refractivity contribution in [1.82, 2.24) is 9.13 Å². The number of nitriles is 2. The van der Waals surface area contributed by atoms with Crippen LogP contribution < -0.4 is 0 Å². The van der Waals surface area contributed by atoms with Gasteiger partial charge >= 0.3 is 0 Å². The third kappa shape index (κ3) is 4.30. The monoisotopic (exact) mass is 638 g/mol. The Bertz CT molecular complexity index is 2620. The van der Waals surface area contributed by atoms with Gasteiger partial charge in [-0.1, -0.05) is 97.1 Å². The molecule has 0 saturated carbocycles. The highest BCUT2D eigenvalue weighted by molar-refractivity contribution is 6.10. The molecule has 0 unspecified atom stereocenters. The highest BCUT2D eigenvalue weighted by Gasteiger charge is 2.20. The summed E-state index contributed by atoms with van der Waals surface area (Å²) >= 11 is 0. The lowest BCUT2D eigenvalue weighted by Gasteiger charge is -2.16. The van der Waals surface area contributed by atoms with Gasteiger partial charge in [0.2, 0.25) is 0 Å². The van der Waals surface area contributed by atoms with Crippen LogP contribution in [0.3, 0.4) is 0 Å². The Morgan fingerprint density at radius 1 is 0.400 bits per heavy atom. The predicted molar refractivity (Wildman–Crippen MR) is 205 cm³/mol. The van der Waals surface area contributed by atoms with Gasteiger partial charge in [-0.2, -0.15) is 10.5 Å². The van der Waals surface area contributed by atoms with E-state index in [1.165, 1.54) is 21.5 Å². The molecule has 0 spiro atoms. The van der Waals surface area contributed by atoms with Crippen molar-refractivity contribution in [3.63, 3.8) is 0 Å². The fourth-order valence-corrected chi connectivity index (χ4v) is 7.83. The van der Waals surface area contributed by atoms with Crippen LogP contribution in [0, 0.1) is 36.5 Å². The largest absolute Gasteiger partial charge is 0.309 e. The van der Waals surface area contributed by atoms with Crippen LogP contribution in [0.5, 0.6) is 0 Å². The van der Waals surface area contributed by atoms with Crippen molar-refractivity contribution in [2.45, 2.75) is 13.8 Å². The molecular weight excluding hydrogens is 609 g/mol. The Balaban J connectivity index is 1.14. The van der Waals surface area contributed by atoms with Crippen molar-refractivity contribution in [1.29, 1.82) is 10.5 Å². The number of para-hydroxylation sites is 4. The Kier molecular flexibility index (Phi) is 6.66. The van der Waals surface area contributed by atoms with Crippen molar-refractivity contribution >= 4 is 43.6 Å². The first-order valence-electron chi connectivity index (χ1n) is 16.7. The average Bonchev–Trinajstić information content (AvgIpc) is 3.67. The van der Waals surface area contributed by atoms with Gasteiger partial charge in [-0.3, -0.25) is 0 Å². The Morgan fingerprint density at radius 3 is 1.02 bits per heavy atom. The topological polar surface area (TPSA) is 57.4 Å². The summed E-state index contributed by atoms with van der Waals surface area (Å²) in [6, 6.07) is 55.3. The predicted octanol–water partition coefficient (Wildman–Crippen LogP) is 11.6. The van der Waals surface area contributed by atoms with E-state index < -0.39 is 0 Å². The highest BCUT2D eigenvalue weighted by atomic mass is 15.0. The molecule has 0 aliphatic rings. The molecule has 4 nitrogen and oxygen atoms in total. The molecule has 0 radical (unpaired) electrons. The first kappa shape index (κ1) is 29.3. The van der Waals surface area contributed by atoms with Crippen LogP contribution in [0.1, 0.15) is 22.3 Å². The third-order valence-electron chi connectivity index (χ3n) is 10.1. The number of benzene rings is 7. The zero-order valence-corrected chi connectivity index (χ0v) is 27.6. The Hall–Kier alpha value is -6.88. The fourth-order valence-electron chi connectivity index (χ4n) is 7.83. The average molecular weight is 639 g/mol.